The lowest BCUT2D eigenvalue weighted by Gasteiger charge is -2.18. The highest BCUT2D eigenvalue weighted by molar-refractivity contribution is 6.05. The van der Waals surface area contributed by atoms with Crippen LogP contribution in [0.3, 0.4) is 0 Å². The highest BCUT2D eigenvalue weighted by atomic mass is 16.5. The van der Waals surface area contributed by atoms with Crippen LogP contribution in [0.4, 0.5) is 0 Å². The van der Waals surface area contributed by atoms with Crippen molar-refractivity contribution in [3.8, 4) is 5.75 Å². The zero-order valence-electron chi connectivity index (χ0n) is 14.7. The van der Waals surface area contributed by atoms with Gasteiger partial charge in [-0.2, -0.15) is 0 Å². The molecule has 0 saturated heterocycles. The predicted octanol–water partition coefficient (Wildman–Crippen LogP) is 1.85. The summed E-state index contributed by atoms with van der Waals surface area (Å²) >= 11 is 0. The lowest BCUT2D eigenvalue weighted by Crippen LogP contribution is -2.27. The number of carbonyl (C=O) groups excluding carboxylic acids is 1. The zero-order valence-corrected chi connectivity index (χ0v) is 14.7. The normalized spacial score (nSPS) is 10.9. The van der Waals surface area contributed by atoms with Crippen molar-refractivity contribution in [2.45, 2.75) is 13.5 Å². The second kappa shape index (κ2) is 6.43. The molecule has 7 nitrogen and oxygen atoms in total. The van der Waals surface area contributed by atoms with Gasteiger partial charge in [-0.1, -0.05) is 12.1 Å². The maximum atomic E-state index is 12.9. The van der Waals surface area contributed by atoms with E-state index in [2.05, 4.69) is 10.1 Å². The van der Waals surface area contributed by atoms with Gasteiger partial charge in [-0.25, -0.2) is 4.98 Å². The molecule has 0 fully saturated rings. The monoisotopic (exact) mass is 340 g/mol. The summed E-state index contributed by atoms with van der Waals surface area (Å²) in [7, 11) is 5.01. The van der Waals surface area contributed by atoms with Crippen molar-refractivity contribution in [3.63, 3.8) is 0 Å². The molecule has 1 N–H and O–H groups in total. The average molecular weight is 340 g/mol. The molecule has 0 aliphatic carbocycles. The van der Waals surface area contributed by atoms with Crippen molar-refractivity contribution in [2.24, 2.45) is 7.05 Å². The van der Waals surface area contributed by atoms with Gasteiger partial charge in [-0.15, -0.1) is 0 Å². The summed E-state index contributed by atoms with van der Waals surface area (Å²) in [6, 6.07) is 9.19. The summed E-state index contributed by atoms with van der Waals surface area (Å²) in [5.74, 6) is 0.509. The van der Waals surface area contributed by atoms with Crippen molar-refractivity contribution < 1.29 is 9.53 Å². The molecule has 0 aliphatic heterocycles. The molecule has 0 atom stereocenters. The van der Waals surface area contributed by atoms with Crippen molar-refractivity contribution in [3.05, 3.63) is 57.5 Å². The van der Waals surface area contributed by atoms with Crippen molar-refractivity contribution >= 4 is 16.9 Å². The summed E-state index contributed by atoms with van der Waals surface area (Å²) in [4.78, 5) is 31.1. The first-order valence-electron chi connectivity index (χ1n) is 7.85. The number of H-pyrrole nitrogens is 1. The van der Waals surface area contributed by atoms with E-state index in [9.17, 15) is 9.59 Å². The SMILES string of the molecule is COc1cccc(CN(C)C(=O)c2cc(C)nc3c2c(=O)[nH]n3C)c1. The third-order valence-corrected chi connectivity index (χ3v) is 4.07. The Kier molecular flexibility index (Phi) is 4.31. The molecule has 0 radical (unpaired) electrons. The van der Waals surface area contributed by atoms with Gasteiger partial charge >= 0.3 is 0 Å². The molecule has 7 heteroatoms. The maximum Gasteiger partial charge on any atom is 0.274 e. The van der Waals surface area contributed by atoms with E-state index in [0.717, 1.165) is 11.3 Å². The number of aryl methyl sites for hydroxylation is 2. The summed E-state index contributed by atoms with van der Waals surface area (Å²) < 4.78 is 6.74. The average Bonchev–Trinajstić information content (AvgIpc) is 2.87. The van der Waals surface area contributed by atoms with Crippen LogP contribution in [0.25, 0.3) is 11.0 Å². The molecule has 1 aromatic carbocycles. The topological polar surface area (TPSA) is 80.2 Å². The molecule has 25 heavy (non-hydrogen) atoms. The number of benzene rings is 1. The number of rotatable bonds is 4. The molecule has 0 saturated carbocycles. The lowest BCUT2D eigenvalue weighted by atomic mass is 10.1. The van der Waals surface area contributed by atoms with E-state index in [1.807, 2.05) is 24.3 Å². The molecule has 0 spiro atoms. The summed E-state index contributed by atoms with van der Waals surface area (Å²) in [6.07, 6.45) is 0. The van der Waals surface area contributed by atoms with Crippen LogP contribution in [-0.4, -0.2) is 39.7 Å². The number of fused-ring (bicyclic) bond motifs is 1. The maximum absolute atomic E-state index is 12.9. The third-order valence-electron chi connectivity index (χ3n) is 4.07. The number of aromatic nitrogens is 3. The fraction of sp³-hybridized carbons (Fsp3) is 0.278. The second-order valence-electron chi connectivity index (χ2n) is 6.02. The van der Waals surface area contributed by atoms with E-state index in [1.165, 1.54) is 4.68 Å². The first-order chi connectivity index (χ1) is 11.9. The molecule has 0 aliphatic rings. The standard InChI is InChI=1S/C18H20N4O3/c1-11-8-14(15-16(19-11)22(3)20-17(15)23)18(24)21(2)10-12-6-5-7-13(9-12)25-4/h5-9H,10H2,1-4H3,(H,20,23). The Balaban J connectivity index is 1.97. The van der Waals surface area contributed by atoms with E-state index in [1.54, 1.807) is 39.1 Å². The molecule has 0 unspecified atom stereocenters. The molecule has 1 amide bonds. The summed E-state index contributed by atoms with van der Waals surface area (Å²) in [6.45, 7) is 2.21. The Bertz CT molecular complexity index is 1000. The number of aromatic amines is 1. The minimum Gasteiger partial charge on any atom is -0.497 e. The van der Waals surface area contributed by atoms with Crippen LogP contribution in [0.15, 0.2) is 35.1 Å². The minimum atomic E-state index is -0.317. The van der Waals surface area contributed by atoms with Crippen LogP contribution in [0, 0.1) is 6.92 Å². The molecular weight excluding hydrogens is 320 g/mol. The van der Waals surface area contributed by atoms with Crippen LogP contribution >= 0.6 is 0 Å². The number of hydrogen-bond donors (Lipinski definition) is 1. The largest absolute Gasteiger partial charge is 0.497 e. The molecule has 0 bridgehead atoms. The summed E-state index contributed by atoms with van der Waals surface area (Å²) in [5.41, 5.74) is 2.14. The van der Waals surface area contributed by atoms with Crippen LogP contribution in [-0.2, 0) is 13.6 Å². The quantitative estimate of drug-likeness (QED) is 0.786. The molecule has 3 rings (SSSR count). The number of carbonyl (C=O) groups is 1. The molecule has 130 valence electrons. The molecule has 2 aromatic heterocycles. The van der Waals surface area contributed by atoms with Gasteiger partial charge in [0, 0.05) is 26.3 Å². The number of ether oxygens (including phenoxy) is 1. The van der Waals surface area contributed by atoms with Gasteiger partial charge in [0.25, 0.3) is 11.5 Å². The minimum absolute atomic E-state index is 0.227. The first kappa shape index (κ1) is 16.8. The van der Waals surface area contributed by atoms with Crippen LogP contribution in [0.2, 0.25) is 0 Å². The van der Waals surface area contributed by atoms with Crippen LogP contribution < -0.4 is 10.3 Å². The molecule has 2 heterocycles. The number of pyridine rings is 1. The predicted molar refractivity (Wildman–Crippen MR) is 94.9 cm³/mol. The Morgan fingerprint density at radius 2 is 2.12 bits per heavy atom. The molecule has 3 aromatic rings. The van der Waals surface area contributed by atoms with E-state index in [4.69, 9.17) is 4.74 Å². The van der Waals surface area contributed by atoms with Crippen LogP contribution in [0.1, 0.15) is 21.6 Å². The lowest BCUT2D eigenvalue weighted by molar-refractivity contribution is 0.0786. The van der Waals surface area contributed by atoms with Gasteiger partial charge in [0.1, 0.15) is 5.75 Å². The highest BCUT2D eigenvalue weighted by Gasteiger charge is 2.20. The number of amides is 1. The van der Waals surface area contributed by atoms with E-state index in [-0.39, 0.29) is 11.5 Å². The zero-order chi connectivity index (χ0) is 18.1. The Labute approximate surface area is 144 Å². The number of nitrogens with zero attached hydrogens (tertiary/aromatic N) is 3. The van der Waals surface area contributed by atoms with E-state index >= 15 is 0 Å². The summed E-state index contributed by atoms with van der Waals surface area (Å²) in [5, 5.41) is 2.97. The highest BCUT2D eigenvalue weighted by Crippen LogP contribution is 2.18. The van der Waals surface area contributed by atoms with Crippen LogP contribution in [0.5, 0.6) is 5.75 Å². The Hall–Kier alpha value is -3.09. The van der Waals surface area contributed by atoms with E-state index in [0.29, 0.717) is 28.8 Å². The second-order valence-corrected chi connectivity index (χ2v) is 6.02. The molecular formula is C18H20N4O3. The number of hydrogen-bond acceptors (Lipinski definition) is 4. The Morgan fingerprint density at radius 3 is 2.84 bits per heavy atom. The van der Waals surface area contributed by atoms with Crippen molar-refractivity contribution in [1.82, 2.24) is 19.7 Å². The number of methoxy groups -OCH3 is 1. The first-order valence-corrected chi connectivity index (χ1v) is 7.85. The fourth-order valence-corrected chi connectivity index (χ4v) is 2.88. The van der Waals surface area contributed by atoms with Gasteiger partial charge in [-0.05, 0) is 30.7 Å². The van der Waals surface area contributed by atoms with Crippen molar-refractivity contribution in [1.29, 1.82) is 0 Å². The van der Waals surface area contributed by atoms with Gasteiger partial charge in [0.2, 0.25) is 0 Å². The fourth-order valence-electron chi connectivity index (χ4n) is 2.88. The number of nitrogens with one attached hydrogen (secondary N) is 1. The van der Waals surface area contributed by atoms with Gasteiger partial charge in [-0.3, -0.25) is 19.4 Å². The van der Waals surface area contributed by atoms with Gasteiger partial charge in [0.05, 0.1) is 18.1 Å². The van der Waals surface area contributed by atoms with Gasteiger partial charge < -0.3 is 9.64 Å². The third kappa shape index (κ3) is 3.13. The van der Waals surface area contributed by atoms with Gasteiger partial charge in [0.15, 0.2) is 5.65 Å². The van der Waals surface area contributed by atoms with Crippen molar-refractivity contribution in [2.75, 3.05) is 14.2 Å². The van der Waals surface area contributed by atoms with E-state index < -0.39 is 0 Å². The smallest absolute Gasteiger partial charge is 0.274 e. The Morgan fingerprint density at radius 1 is 1.36 bits per heavy atom.